The van der Waals surface area contributed by atoms with Crippen molar-refractivity contribution in [1.82, 2.24) is 0 Å². The molecule has 1 unspecified atom stereocenters. The number of hydrogen-bond acceptors (Lipinski definition) is 2. The highest BCUT2D eigenvalue weighted by Crippen LogP contribution is 2.32. The molecule has 17 heavy (non-hydrogen) atoms. The van der Waals surface area contributed by atoms with Gasteiger partial charge >= 0.3 is 6.36 Å². The molecule has 0 saturated heterocycles. The normalized spacial score (nSPS) is 12.8. The Kier molecular flexibility index (Phi) is 6.29. The average molecular weight is 335 g/mol. The highest BCUT2D eigenvalue weighted by molar-refractivity contribution is 9.10. The van der Waals surface area contributed by atoms with Crippen molar-refractivity contribution in [2.24, 2.45) is 5.73 Å². The molecule has 2 nitrogen and oxygen atoms in total. The van der Waals surface area contributed by atoms with E-state index in [0.717, 1.165) is 0 Å². The third-order valence-corrected chi connectivity index (χ3v) is 2.53. The van der Waals surface area contributed by atoms with Gasteiger partial charge in [0.2, 0.25) is 0 Å². The Balaban J connectivity index is 0.00000256. The van der Waals surface area contributed by atoms with Gasteiger partial charge < -0.3 is 10.5 Å². The monoisotopic (exact) mass is 333 g/mol. The first-order chi connectivity index (χ1) is 7.33. The Labute approximate surface area is 112 Å². The molecule has 0 aliphatic rings. The minimum atomic E-state index is -4.70. The molecule has 0 fully saturated rings. The zero-order valence-electron chi connectivity index (χ0n) is 8.92. The molecular weight excluding hydrogens is 322 g/mol. The minimum Gasteiger partial charge on any atom is -0.405 e. The van der Waals surface area contributed by atoms with Gasteiger partial charge in [0, 0.05) is 16.1 Å². The smallest absolute Gasteiger partial charge is 0.405 e. The van der Waals surface area contributed by atoms with Crippen LogP contribution in [0.25, 0.3) is 0 Å². The van der Waals surface area contributed by atoms with E-state index in [4.69, 9.17) is 5.73 Å². The van der Waals surface area contributed by atoms with Gasteiger partial charge in [-0.3, -0.25) is 0 Å². The van der Waals surface area contributed by atoms with E-state index in [1.54, 1.807) is 6.92 Å². The summed E-state index contributed by atoms with van der Waals surface area (Å²) in [5.41, 5.74) is 6.06. The van der Waals surface area contributed by atoms with Gasteiger partial charge in [-0.25, -0.2) is 0 Å². The summed E-state index contributed by atoms with van der Waals surface area (Å²) in [6.45, 7) is 1.79. The molecule has 1 atom stereocenters. The lowest BCUT2D eigenvalue weighted by molar-refractivity contribution is -0.275. The Bertz CT molecular complexity index is 373. The molecule has 7 heteroatoms. The lowest BCUT2D eigenvalue weighted by Gasteiger charge is -2.17. The van der Waals surface area contributed by atoms with Gasteiger partial charge in [0.25, 0.3) is 0 Å². The van der Waals surface area contributed by atoms with Crippen LogP contribution in [0, 0.1) is 0 Å². The van der Waals surface area contributed by atoms with Gasteiger partial charge in [0.1, 0.15) is 5.75 Å². The predicted molar refractivity (Wildman–Crippen MR) is 65.3 cm³/mol. The zero-order chi connectivity index (χ0) is 12.3. The predicted octanol–water partition coefficient (Wildman–Crippen LogP) is 4.18. The molecule has 1 aromatic carbocycles. The zero-order valence-corrected chi connectivity index (χ0v) is 11.3. The van der Waals surface area contributed by atoms with Crippen molar-refractivity contribution in [3.05, 3.63) is 28.2 Å². The summed E-state index contributed by atoms with van der Waals surface area (Å²) >= 11 is 3.18. The maximum absolute atomic E-state index is 12.1. The van der Waals surface area contributed by atoms with E-state index in [1.807, 2.05) is 0 Å². The van der Waals surface area contributed by atoms with Crippen LogP contribution in [0.4, 0.5) is 13.2 Å². The van der Waals surface area contributed by atoms with Crippen LogP contribution in [0.15, 0.2) is 22.7 Å². The molecule has 0 aliphatic carbocycles. The summed E-state index contributed by atoms with van der Waals surface area (Å²) in [5, 5.41) is 0. The van der Waals surface area contributed by atoms with Gasteiger partial charge in [0.05, 0.1) is 0 Å². The standard InChI is InChI=1S/C10H11BrF3NO.ClH/c1-2-8(15)7-5-6(11)3-4-9(7)16-10(12,13)14;/h3-5,8H,2,15H2,1H3;1H. The molecule has 1 aromatic rings. The van der Waals surface area contributed by atoms with E-state index in [-0.39, 0.29) is 18.2 Å². The number of ether oxygens (including phenoxy) is 1. The van der Waals surface area contributed by atoms with E-state index in [2.05, 4.69) is 20.7 Å². The number of hydrogen-bond donors (Lipinski definition) is 1. The average Bonchev–Trinajstić information content (AvgIpc) is 2.17. The summed E-state index contributed by atoms with van der Waals surface area (Å²) in [7, 11) is 0. The fourth-order valence-corrected chi connectivity index (χ4v) is 1.63. The number of benzene rings is 1. The van der Waals surface area contributed by atoms with E-state index in [9.17, 15) is 13.2 Å². The van der Waals surface area contributed by atoms with Crippen molar-refractivity contribution in [1.29, 1.82) is 0 Å². The Morgan fingerprint density at radius 3 is 2.47 bits per heavy atom. The van der Waals surface area contributed by atoms with Crippen LogP contribution in [0.1, 0.15) is 24.9 Å². The SMILES string of the molecule is CCC(N)c1cc(Br)ccc1OC(F)(F)F.Cl. The second-order valence-electron chi connectivity index (χ2n) is 3.24. The summed E-state index contributed by atoms with van der Waals surface area (Å²) in [6.07, 6.45) is -4.17. The molecule has 0 spiro atoms. The quantitative estimate of drug-likeness (QED) is 0.900. The third kappa shape index (κ3) is 5.14. The summed E-state index contributed by atoms with van der Waals surface area (Å²) in [6, 6.07) is 3.79. The first-order valence-electron chi connectivity index (χ1n) is 4.64. The summed E-state index contributed by atoms with van der Waals surface area (Å²) in [5.74, 6) is -0.245. The van der Waals surface area contributed by atoms with Crippen LogP contribution >= 0.6 is 28.3 Å². The van der Waals surface area contributed by atoms with Crippen molar-refractivity contribution >= 4 is 28.3 Å². The van der Waals surface area contributed by atoms with Gasteiger partial charge in [0.15, 0.2) is 0 Å². The lowest BCUT2D eigenvalue weighted by Crippen LogP contribution is -2.20. The molecule has 0 aliphatic heterocycles. The molecule has 0 bridgehead atoms. The minimum absolute atomic E-state index is 0. The second kappa shape index (κ2) is 6.47. The van der Waals surface area contributed by atoms with Crippen LogP contribution in [-0.4, -0.2) is 6.36 Å². The lowest BCUT2D eigenvalue weighted by atomic mass is 10.0. The highest BCUT2D eigenvalue weighted by Gasteiger charge is 2.32. The van der Waals surface area contributed by atoms with Crippen LogP contribution < -0.4 is 10.5 Å². The fraction of sp³-hybridized carbons (Fsp3) is 0.400. The fourth-order valence-electron chi connectivity index (χ4n) is 1.25. The maximum atomic E-state index is 12.1. The van der Waals surface area contributed by atoms with E-state index in [1.165, 1.54) is 18.2 Å². The van der Waals surface area contributed by atoms with Crippen molar-refractivity contribution in [3.8, 4) is 5.75 Å². The van der Waals surface area contributed by atoms with E-state index in [0.29, 0.717) is 16.5 Å². The van der Waals surface area contributed by atoms with Gasteiger partial charge in [-0.2, -0.15) is 0 Å². The third-order valence-electron chi connectivity index (χ3n) is 2.04. The van der Waals surface area contributed by atoms with Crippen LogP contribution in [0.2, 0.25) is 0 Å². The summed E-state index contributed by atoms with van der Waals surface area (Å²) < 4.78 is 40.9. The van der Waals surface area contributed by atoms with Gasteiger partial charge in [-0.05, 0) is 24.6 Å². The first-order valence-corrected chi connectivity index (χ1v) is 5.43. The number of alkyl halides is 3. The first kappa shape index (κ1) is 16.5. The Morgan fingerprint density at radius 2 is 2.00 bits per heavy atom. The molecule has 2 N–H and O–H groups in total. The molecule has 0 aromatic heterocycles. The van der Waals surface area contributed by atoms with E-state index < -0.39 is 12.4 Å². The van der Waals surface area contributed by atoms with Crippen molar-refractivity contribution in [3.63, 3.8) is 0 Å². The maximum Gasteiger partial charge on any atom is 0.573 e. The van der Waals surface area contributed by atoms with Crippen molar-refractivity contribution in [2.45, 2.75) is 25.7 Å². The van der Waals surface area contributed by atoms with E-state index >= 15 is 0 Å². The van der Waals surface area contributed by atoms with Crippen LogP contribution in [-0.2, 0) is 0 Å². The summed E-state index contributed by atoms with van der Waals surface area (Å²) in [4.78, 5) is 0. The number of nitrogens with two attached hydrogens (primary N) is 1. The topological polar surface area (TPSA) is 35.2 Å². The Morgan fingerprint density at radius 1 is 1.41 bits per heavy atom. The molecular formula is C10H12BrClF3NO. The van der Waals surface area contributed by atoms with Gasteiger partial charge in [-0.1, -0.05) is 22.9 Å². The largest absolute Gasteiger partial charge is 0.573 e. The second-order valence-corrected chi connectivity index (χ2v) is 4.16. The molecule has 0 amide bonds. The van der Waals surface area contributed by atoms with Crippen LogP contribution in [0.3, 0.4) is 0 Å². The van der Waals surface area contributed by atoms with Crippen molar-refractivity contribution < 1.29 is 17.9 Å². The molecule has 0 radical (unpaired) electrons. The number of halogens is 5. The molecule has 98 valence electrons. The molecule has 1 rings (SSSR count). The molecule has 0 heterocycles. The molecule has 0 saturated carbocycles. The number of rotatable bonds is 3. The van der Waals surface area contributed by atoms with Crippen LogP contribution in [0.5, 0.6) is 5.75 Å². The Hall–Kier alpha value is -0.460. The highest BCUT2D eigenvalue weighted by atomic mass is 79.9. The van der Waals surface area contributed by atoms with Crippen molar-refractivity contribution in [2.75, 3.05) is 0 Å². The van der Waals surface area contributed by atoms with Gasteiger partial charge in [-0.15, -0.1) is 25.6 Å².